The van der Waals surface area contributed by atoms with Gasteiger partial charge in [-0.15, -0.1) is 0 Å². The Hall–Kier alpha value is -2.94. The normalized spacial score (nSPS) is 20.7. The first-order chi connectivity index (χ1) is 12.9. The van der Waals surface area contributed by atoms with E-state index in [0.717, 1.165) is 23.9 Å². The van der Waals surface area contributed by atoms with Gasteiger partial charge < -0.3 is 10.6 Å². The van der Waals surface area contributed by atoms with E-state index in [1.807, 2.05) is 23.1 Å². The van der Waals surface area contributed by atoms with Crippen molar-refractivity contribution in [3.63, 3.8) is 0 Å². The van der Waals surface area contributed by atoms with Gasteiger partial charge in [0.25, 0.3) is 0 Å². The number of amides is 1. The molecule has 2 N–H and O–H groups in total. The Morgan fingerprint density at radius 3 is 2.59 bits per heavy atom. The second kappa shape index (κ2) is 7.75. The van der Waals surface area contributed by atoms with E-state index in [2.05, 4.69) is 18.0 Å². The molecule has 1 aliphatic carbocycles. The fourth-order valence-corrected chi connectivity index (χ4v) is 3.82. The van der Waals surface area contributed by atoms with Gasteiger partial charge >= 0.3 is 0 Å². The monoisotopic (exact) mass is 366 g/mol. The Morgan fingerprint density at radius 1 is 1.33 bits per heavy atom. The van der Waals surface area contributed by atoms with Crippen molar-refractivity contribution in [2.24, 2.45) is 11.8 Å². The Kier molecular flexibility index (Phi) is 5.41. The summed E-state index contributed by atoms with van der Waals surface area (Å²) in [4.78, 5) is 17.5. The van der Waals surface area contributed by atoms with Crippen LogP contribution in [0.2, 0.25) is 0 Å². The number of hydrogen-bond donors (Lipinski definition) is 1. The SMILES string of the molecule is CC(=O)N1c2ccc(C#N)cc2CC(C)[C@@H]1C1CC1.Nc1ccc(F)cn1. The predicted molar refractivity (Wildman–Crippen MR) is 102 cm³/mol. The summed E-state index contributed by atoms with van der Waals surface area (Å²) in [6.07, 6.45) is 4.53. The number of halogens is 1. The van der Waals surface area contributed by atoms with Gasteiger partial charge in [0.2, 0.25) is 5.91 Å². The van der Waals surface area contributed by atoms with Crippen LogP contribution in [0.15, 0.2) is 36.5 Å². The molecule has 1 unspecified atom stereocenters. The van der Waals surface area contributed by atoms with Crippen LogP contribution in [0.1, 0.15) is 37.8 Å². The maximum absolute atomic E-state index is 12.1. The van der Waals surface area contributed by atoms with E-state index in [1.54, 1.807) is 6.92 Å². The average Bonchev–Trinajstić information content (AvgIpc) is 3.47. The quantitative estimate of drug-likeness (QED) is 0.834. The number of nitrogens with two attached hydrogens (primary N) is 1. The first-order valence-corrected chi connectivity index (χ1v) is 9.10. The molecular weight excluding hydrogens is 343 g/mol. The van der Waals surface area contributed by atoms with Gasteiger partial charge in [-0.05, 0) is 67.0 Å². The van der Waals surface area contributed by atoms with Gasteiger partial charge in [-0.25, -0.2) is 9.37 Å². The summed E-state index contributed by atoms with van der Waals surface area (Å²) in [5.41, 5.74) is 7.98. The highest BCUT2D eigenvalue weighted by Gasteiger charge is 2.43. The fourth-order valence-electron chi connectivity index (χ4n) is 3.82. The van der Waals surface area contributed by atoms with Crippen molar-refractivity contribution in [3.05, 3.63) is 53.5 Å². The van der Waals surface area contributed by atoms with Crippen LogP contribution in [-0.4, -0.2) is 16.9 Å². The molecular formula is C21H23FN4O. The van der Waals surface area contributed by atoms with Gasteiger partial charge in [-0.2, -0.15) is 5.26 Å². The standard InChI is InChI=1S/C16H18N2O.C5H5FN2/c1-10-7-14-8-12(9-17)3-6-15(14)18(11(2)19)16(10)13-4-5-13;6-4-1-2-5(7)8-3-4/h3,6,8,10,13,16H,4-5,7H2,1-2H3;1-3H,(H2,7,8)/t10?,16-;/m1./s1. The number of pyridine rings is 1. The molecule has 4 rings (SSSR count). The van der Waals surface area contributed by atoms with Crippen LogP contribution in [0.5, 0.6) is 0 Å². The number of rotatable bonds is 1. The molecule has 0 spiro atoms. The van der Waals surface area contributed by atoms with Crippen LogP contribution in [-0.2, 0) is 11.2 Å². The zero-order valence-electron chi connectivity index (χ0n) is 15.5. The number of hydrogen-bond acceptors (Lipinski definition) is 4. The first kappa shape index (κ1) is 18.8. The number of aromatic nitrogens is 1. The molecule has 5 nitrogen and oxygen atoms in total. The van der Waals surface area contributed by atoms with E-state index in [9.17, 15) is 9.18 Å². The van der Waals surface area contributed by atoms with Crippen molar-refractivity contribution < 1.29 is 9.18 Å². The lowest BCUT2D eigenvalue weighted by Gasteiger charge is -2.41. The van der Waals surface area contributed by atoms with E-state index < -0.39 is 0 Å². The molecule has 0 saturated heterocycles. The predicted octanol–water partition coefficient (Wildman–Crippen LogP) is 3.68. The van der Waals surface area contributed by atoms with Crippen LogP contribution in [0, 0.1) is 29.0 Å². The molecule has 1 amide bonds. The summed E-state index contributed by atoms with van der Waals surface area (Å²) in [6, 6.07) is 10.9. The smallest absolute Gasteiger partial charge is 0.224 e. The first-order valence-electron chi connectivity index (χ1n) is 9.10. The minimum atomic E-state index is -0.362. The van der Waals surface area contributed by atoms with Crippen LogP contribution < -0.4 is 10.6 Å². The lowest BCUT2D eigenvalue weighted by atomic mass is 9.83. The third-order valence-corrected chi connectivity index (χ3v) is 5.09. The second-order valence-corrected chi connectivity index (χ2v) is 7.26. The minimum absolute atomic E-state index is 0.120. The molecule has 6 heteroatoms. The summed E-state index contributed by atoms with van der Waals surface area (Å²) < 4.78 is 12.0. The highest BCUT2D eigenvalue weighted by Crippen LogP contribution is 2.45. The Bertz CT molecular complexity index is 850. The van der Waals surface area contributed by atoms with Crippen LogP contribution in [0.25, 0.3) is 0 Å². The third kappa shape index (κ3) is 4.25. The van der Waals surface area contributed by atoms with Crippen LogP contribution >= 0.6 is 0 Å². The van der Waals surface area contributed by atoms with E-state index in [4.69, 9.17) is 11.0 Å². The molecule has 2 atom stereocenters. The maximum Gasteiger partial charge on any atom is 0.224 e. The van der Waals surface area contributed by atoms with Crippen LogP contribution in [0.4, 0.5) is 15.9 Å². The molecule has 2 aliphatic rings. The number of benzene rings is 1. The Balaban J connectivity index is 0.000000221. The molecule has 1 aromatic carbocycles. The lowest BCUT2D eigenvalue weighted by molar-refractivity contribution is -0.117. The summed E-state index contributed by atoms with van der Waals surface area (Å²) in [5, 5.41) is 9.00. The number of anilines is 2. The van der Waals surface area contributed by atoms with Gasteiger partial charge in [0.1, 0.15) is 11.6 Å². The summed E-state index contributed by atoms with van der Waals surface area (Å²) in [7, 11) is 0. The molecule has 2 aromatic rings. The van der Waals surface area contributed by atoms with E-state index >= 15 is 0 Å². The number of nitrogens with zero attached hydrogens (tertiary/aromatic N) is 3. The molecule has 2 heterocycles. The third-order valence-electron chi connectivity index (χ3n) is 5.09. The van der Waals surface area contributed by atoms with Crippen molar-refractivity contribution in [2.45, 2.75) is 39.2 Å². The Morgan fingerprint density at radius 2 is 2.07 bits per heavy atom. The van der Waals surface area contributed by atoms with Gasteiger partial charge in [0.05, 0.1) is 17.8 Å². The summed E-state index contributed by atoms with van der Waals surface area (Å²) >= 11 is 0. The topological polar surface area (TPSA) is 83.0 Å². The molecule has 1 saturated carbocycles. The number of fused-ring (bicyclic) bond motifs is 1. The molecule has 27 heavy (non-hydrogen) atoms. The van der Waals surface area contributed by atoms with E-state index in [-0.39, 0.29) is 11.7 Å². The fraction of sp³-hybridized carbons (Fsp3) is 0.381. The second-order valence-electron chi connectivity index (χ2n) is 7.26. The molecule has 140 valence electrons. The molecule has 1 aliphatic heterocycles. The number of nitriles is 1. The minimum Gasteiger partial charge on any atom is -0.384 e. The van der Waals surface area contributed by atoms with E-state index in [1.165, 1.54) is 25.0 Å². The maximum atomic E-state index is 12.1. The van der Waals surface area contributed by atoms with Crippen LogP contribution in [0.3, 0.4) is 0 Å². The van der Waals surface area contributed by atoms with Crippen molar-refractivity contribution >= 4 is 17.4 Å². The van der Waals surface area contributed by atoms with Crippen molar-refractivity contribution in [3.8, 4) is 6.07 Å². The zero-order chi connectivity index (χ0) is 19.6. The average molecular weight is 366 g/mol. The van der Waals surface area contributed by atoms with Crippen molar-refractivity contribution in [1.29, 1.82) is 5.26 Å². The largest absolute Gasteiger partial charge is 0.384 e. The number of carbonyl (C=O) groups excluding carboxylic acids is 1. The summed E-state index contributed by atoms with van der Waals surface area (Å²) in [5.74, 6) is 1.24. The van der Waals surface area contributed by atoms with Crippen molar-refractivity contribution in [1.82, 2.24) is 4.98 Å². The number of carbonyl (C=O) groups is 1. The molecule has 0 radical (unpaired) electrons. The highest BCUT2D eigenvalue weighted by atomic mass is 19.1. The van der Waals surface area contributed by atoms with Gasteiger partial charge in [-0.1, -0.05) is 6.92 Å². The van der Waals surface area contributed by atoms with E-state index in [0.29, 0.717) is 29.3 Å². The van der Waals surface area contributed by atoms with Gasteiger partial charge in [-0.3, -0.25) is 4.79 Å². The molecule has 1 fully saturated rings. The summed E-state index contributed by atoms with van der Waals surface area (Å²) in [6.45, 7) is 3.87. The molecule has 0 bridgehead atoms. The Labute approximate surface area is 158 Å². The van der Waals surface area contributed by atoms with Gasteiger partial charge in [0.15, 0.2) is 0 Å². The zero-order valence-corrected chi connectivity index (χ0v) is 15.5. The van der Waals surface area contributed by atoms with Gasteiger partial charge in [0, 0.05) is 18.7 Å². The number of nitrogen functional groups attached to an aromatic ring is 1. The molecule has 1 aromatic heterocycles. The van der Waals surface area contributed by atoms with Crippen molar-refractivity contribution in [2.75, 3.05) is 10.6 Å². The highest BCUT2D eigenvalue weighted by molar-refractivity contribution is 5.94. The lowest BCUT2D eigenvalue weighted by Crippen LogP contribution is -2.48.